The van der Waals surface area contributed by atoms with Gasteiger partial charge in [0.25, 0.3) is 0 Å². The molecule has 0 aromatic heterocycles. The second kappa shape index (κ2) is 7.38. The number of hydrogen-bond acceptors (Lipinski definition) is 4. The van der Waals surface area contributed by atoms with Crippen molar-refractivity contribution >= 4 is 21.9 Å². The van der Waals surface area contributed by atoms with Crippen molar-refractivity contribution in [2.75, 3.05) is 19.8 Å². The first-order chi connectivity index (χ1) is 7.74. The molecule has 0 unspecified atom stereocenters. The number of ether oxygens (including phenoxy) is 2. The van der Waals surface area contributed by atoms with E-state index in [0.29, 0.717) is 13.2 Å². The minimum absolute atomic E-state index is 0.0539. The molecule has 1 aromatic carbocycles. The summed E-state index contributed by atoms with van der Waals surface area (Å²) in [5.74, 6) is -0.385. The van der Waals surface area contributed by atoms with Gasteiger partial charge in [0.15, 0.2) is 0 Å². The van der Waals surface area contributed by atoms with Gasteiger partial charge >= 0.3 is 5.97 Å². The van der Waals surface area contributed by atoms with Crippen LogP contribution >= 0.6 is 15.9 Å². The number of halogens is 1. The van der Waals surface area contributed by atoms with Gasteiger partial charge in [-0.25, -0.2) is 4.79 Å². The molecular formula is C11H14BrNO3. The minimum atomic E-state index is -0.385. The molecule has 0 aliphatic rings. The van der Waals surface area contributed by atoms with E-state index < -0.39 is 0 Å². The van der Waals surface area contributed by atoms with E-state index in [1.54, 1.807) is 0 Å². The third-order valence-electron chi connectivity index (χ3n) is 1.83. The highest BCUT2D eigenvalue weighted by Crippen LogP contribution is 2.16. The Morgan fingerprint density at radius 2 is 2.12 bits per heavy atom. The van der Waals surface area contributed by atoms with Crippen LogP contribution in [-0.4, -0.2) is 25.7 Å². The molecule has 0 saturated carbocycles. The van der Waals surface area contributed by atoms with Gasteiger partial charge in [-0.05, 0) is 6.07 Å². The summed E-state index contributed by atoms with van der Waals surface area (Å²) in [7, 11) is 0. The van der Waals surface area contributed by atoms with E-state index in [4.69, 9.17) is 15.2 Å². The predicted molar refractivity (Wildman–Crippen MR) is 63.8 cm³/mol. The molecular weight excluding hydrogens is 274 g/mol. The van der Waals surface area contributed by atoms with Gasteiger partial charge in [-0.15, -0.1) is 0 Å². The van der Waals surface area contributed by atoms with E-state index in [2.05, 4.69) is 15.9 Å². The van der Waals surface area contributed by atoms with Crippen LogP contribution in [-0.2, 0) is 20.9 Å². The van der Waals surface area contributed by atoms with Crippen LogP contribution in [0.15, 0.2) is 28.7 Å². The zero-order valence-corrected chi connectivity index (χ0v) is 10.4. The normalized spacial score (nSPS) is 10.1. The maximum Gasteiger partial charge on any atom is 0.332 e. The number of carbonyl (C=O) groups is 1. The summed E-state index contributed by atoms with van der Waals surface area (Å²) in [4.78, 5) is 11.2. The Hall–Kier alpha value is -0.910. The fourth-order valence-corrected chi connectivity index (χ4v) is 1.45. The maximum absolute atomic E-state index is 11.2. The number of nitrogens with two attached hydrogens (primary N) is 1. The Morgan fingerprint density at radius 3 is 2.81 bits per heavy atom. The highest BCUT2D eigenvalue weighted by atomic mass is 79.9. The molecule has 1 aromatic rings. The number of carbonyl (C=O) groups excluding carboxylic acids is 1. The summed E-state index contributed by atoms with van der Waals surface area (Å²) in [6.45, 7) is 0.954. The van der Waals surface area contributed by atoms with Crippen LogP contribution in [0.2, 0.25) is 0 Å². The van der Waals surface area contributed by atoms with Crippen LogP contribution in [0.4, 0.5) is 0 Å². The quantitative estimate of drug-likeness (QED) is 0.636. The molecule has 0 atom stereocenters. The second-order valence-electron chi connectivity index (χ2n) is 3.09. The van der Waals surface area contributed by atoms with Gasteiger partial charge in [-0.1, -0.05) is 34.1 Å². The molecule has 0 bridgehead atoms. The van der Waals surface area contributed by atoms with Crippen molar-refractivity contribution in [1.29, 1.82) is 0 Å². The Labute approximate surface area is 103 Å². The van der Waals surface area contributed by atoms with Crippen molar-refractivity contribution in [1.82, 2.24) is 0 Å². The molecule has 0 spiro atoms. The molecule has 0 saturated heterocycles. The predicted octanol–water partition coefficient (Wildman–Crippen LogP) is 1.47. The van der Waals surface area contributed by atoms with Crippen molar-refractivity contribution < 1.29 is 14.3 Å². The standard InChI is InChI=1S/C11H14BrNO3/c12-10-4-2-1-3-9(10)7-16-11(14)8-15-6-5-13/h1-4H,5-8,13H2. The van der Waals surface area contributed by atoms with Crippen molar-refractivity contribution in [3.8, 4) is 0 Å². The first-order valence-corrected chi connectivity index (χ1v) is 5.70. The van der Waals surface area contributed by atoms with Gasteiger partial charge in [-0.3, -0.25) is 0 Å². The zero-order valence-electron chi connectivity index (χ0n) is 8.82. The molecule has 5 heteroatoms. The number of rotatable bonds is 6. The minimum Gasteiger partial charge on any atom is -0.459 e. The first-order valence-electron chi connectivity index (χ1n) is 4.91. The molecule has 0 heterocycles. The van der Waals surface area contributed by atoms with Gasteiger partial charge in [0.1, 0.15) is 13.2 Å². The van der Waals surface area contributed by atoms with Crippen LogP contribution in [0.5, 0.6) is 0 Å². The molecule has 0 amide bonds. The maximum atomic E-state index is 11.2. The van der Waals surface area contributed by atoms with Gasteiger partial charge in [0.2, 0.25) is 0 Å². The third kappa shape index (κ3) is 4.74. The van der Waals surface area contributed by atoms with Crippen LogP contribution in [0, 0.1) is 0 Å². The third-order valence-corrected chi connectivity index (χ3v) is 2.60. The first kappa shape index (κ1) is 13.2. The van der Waals surface area contributed by atoms with Gasteiger partial charge in [0.05, 0.1) is 6.61 Å². The molecule has 16 heavy (non-hydrogen) atoms. The Morgan fingerprint density at radius 1 is 1.38 bits per heavy atom. The number of benzene rings is 1. The van der Waals surface area contributed by atoms with Crippen LogP contribution in [0.25, 0.3) is 0 Å². The summed E-state index contributed by atoms with van der Waals surface area (Å²) < 4.78 is 10.9. The molecule has 0 aliphatic carbocycles. The topological polar surface area (TPSA) is 61.5 Å². The molecule has 0 aliphatic heterocycles. The lowest BCUT2D eigenvalue weighted by atomic mass is 10.2. The molecule has 0 fully saturated rings. The van der Waals surface area contributed by atoms with Crippen molar-refractivity contribution in [2.24, 2.45) is 5.73 Å². The van der Waals surface area contributed by atoms with E-state index in [1.165, 1.54) is 0 Å². The Bertz CT molecular complexity index is 344. The van der Waals surface area contributed by atoms with Crippen LogP contribution < -0.4 is 5.73 Å². The van der Waals surface area contributed by atoms with E-state index in [9.17, 15) is 4.79 Å². The van der Waals surface area contributed by atoms with Gasteiger partial charge in [-0.2, -0.15) is 0 Å². The summed E-state index contributed by atoms with van der Waals surface area (Å²) in [5, 5.41) is 0. The summed E-state index contributed by atoms with van der Waals surface area (Å²) >= 11 is 3.37. The zero-order chi connectivity index (χ0) is 11.8. The molecule has 4 nitrogen and oxygen atoms in total. The largest absolute Gasteiger partial charge is 0.459 e. The van der Waals surface area contributed by atoms with Gasteiger partial charge in [0, 0.05) is 16.6 Å². The highest BCUT2D eigenvalue weighted by Gasteiger charge is 2.04. The van der Waals surface area contributed by atoms with Crippen LogP contribution in [0.1, 0.15) is 5.56 Å². The fourth-order valence-electron chi connectivity index (χ4n) is 1.05. The highest BCUT2D eigenvalue weighted by molar-refractivity contribution is 9.10. The summed E-state index contributed by atoms with van der Waals surface area (Å²) in [6, 6.07) is 7.57. The molecule has 88 valence electrons. The Balaban J connectivity index is 2.29. The smallest absolute Gasteiger partial charge is 0.332 e. The summed E-state index contributed by atoms with van der Waals surface area (Å²) in [5.41, 5.74) is 6.14. The lowest BCUT2D eigenvalue weighted by Gasteiger charge is -2.06. The van der Waals surface area contributed by atoms with Crippen molar-refractivity contribution in [2.45, 2.75) is 6.61 Å². The van der Waals surface area contributed by atoms with Crippen LogP contribution in [0.3, 0.4) is 0 Å². The molecule has 0 radical (unpaired) electrons. The molecule has 1 rings (SSSR count). The number of esters is 1. The van der Waals surface area contributed by atoms with E-state index in [1.807, 2.05) is 24.3 Å². The number of hydrogen-bond donors (Lipinski definition) is 1. The lowest BCUT2D eigenvalue weighted by molar-refractivity contribution is -0.150. The SMILES string of the molecule is NCCOCC(=O)OCc1ccccc1Br. The van der Waals surface area contributed by atoms with E-state index in [-0.39, 0.29) is 19.2 Å². The second-order valence-corrected chi connectivity index (χ2v) is 3.95. The van der Waals surface area contributed by atoms with E-state index in [0.717, 1.165) is 10.0 Å². The average Bonchev–Trinajstić information content (AvgIpc) is 2.28. The van der Waals surface area contributed by atoms with Gasteiger partial charge < -0.3 is 15.2 Å². The Kier molecular flexibility index (Phi) is 6.07. The summed E-state index contributed by atoms with van der Waals surface area (Å²) in [6.07, 6.45) is 0. The fraction of sp³-hybridized carbons (Fsp3) is 0.364. The average molecular weight is 288 g/mol. The van der Waals surface area contributed by atoms with Crippen molar-refractivity contribution in [3.63, 3.8) is 0 Å². The lowest BCUT2D eigenvalue weighted by Crippen LogP contribution is -2.16. The molecule has 2 N–H and O–H groups in total. The van der Waals surface area contributed by atoms with Crippen molar-refractivity contribution in [3.05, 3.63) is 34.3 Å². The monoisotopic (exact) mass is 287 g/mol. The van der Waals surface area contributed by atoms with E-state index >= 15 is 0 Å².